The zero-order chi connectivity index (χ0) is 15.4. The van der Waals surface area contributed by atoms with Crippen LogP contribution in [0.5, 0.6) is 0 Å². The van der Waals surface area contributed by atoms with E-state index in [0.717, 1.165) is 32.0 Å². The van der Waals surface area contributed by atoms with E-state index in [2.05, 4.69) is 17.4 Å². The minimum absolute atomic E-state index is 0.289. The highest BCUT2D eigenvalue weighted by atomic mass is 19.2. The highest BCUT2D eigenvalue weighted by Gasteiger charge is 2.22. The van der Waals surface area contributed by atoms with E-state index in [1.165, 1.54) is 5.56 Å². The molecule has 2 aromatic rings. The van der Waals surface area contributed by atoms with Gasteiger partial charge in [-0.3, -0.25) is 0 Å². The van der Waals surface area contributed by atoms with E-state index < -0.39 is 11.6 Å². The summed E-state index contributed by atoms with van der Waals surface area (Å²) in [5.41, 5.74) is 1.60. The molecule has 116 valence electrons. The monoisotopic (exact) mass is 302 g/mol. The molecule has 1 atom stereocenters. The number of halogens is 2. The van der Waals surface area contributed by atoms with Crippen molar-refractivity contribution in [2.45, 2.75) is 25.4 Å². The lowest BCUT2D eigenvalue weighted by molar-refractivity contribution is 0.416. The summed E-state index contributed by atoms with van der Waals surface area (Å²) >= 11 is 0. The number of rotatable bonds is 4. The van der Waals surface area contributed by atoms with Gasteiger partial charge in [0, 0.05) is 25.7 Å². The van der Waals surface area contributed by atoms with Crippen LogP contribution in [0.2, 0.25) is 0 Å². The third kappa shape index (κ3) is 3.45. The molecule has 2 nitrogen and oxygen atoms in total. The molecule has 2 aromatic carbocycles. The molecule has 0 saturated carbocycles. The number of anilines is 1. The molecular formula is C18H20F2N2. The van der Waals surface area contributed by atoms with E-state index in [1.807, 2.05) is 23.1 Å². The topological polar surface area (TPSA) is 15.3 Å². The number of hydrogen-bond donors (Lipinski definition) is 1. The van der Waals surface area contributed by atoms with Gasteiger partial charge in [0.1, 0.15) is 0 Å². The Bertz CT molecular complexity index is 616. The molecule has 0 bridgehead atoms. The fourth-order valence-electron chi connectivity index (χ4n) is 2.96. The van der Waals surface area contributed by atoms with Crippen molar-refractivity contribution in [2.75, 3.05) is 18.0 Å². The third-order valence-corrected chi connectivity index (χ3v) is 4.13. The maximum atomic E-state index is 13.9. The SMILES string of the molecule is Fc1cccc(N2CCCC(NCc3ccccc3)C2)c1F. The quantitative estimate of drug-likeness (QED) is 0.926. The van der Waals surface area contributed by atoms with Crippen molar-refractivity contribution in [1.82, 2.24) is 5.32 Å². The Balaban J connectivity index is 1.63. The molecule has 0 aromatic heterocycles. The van der Waals surface area contributed by atoms with Crippen molar-refractivity contribution >= 4 is 5.69 Å². The van der Waals surface area contributed by atoms with Gasteiger partial charge in [0.05, 0.1) is 5.69 Å². The molecule has 3 rings (SSSR count). The molecular weight excluding hydrogens is 282 g/mol. The fourth-order valence-corrected chi connectivity index (χ4v) is 2.96. The van der Waals surface area contributed by atoms with Crippen LogP contribution in [0.3, 0.4) is 0 Å². The summed E-state index contributed by atoms with van der Waals surface area (Å²) in [6, 6.07) is 14.9. The highest BCUT2D eigenvalue weighted by Crippen LogP contribution is 2.24. The largest absolute Gasteiger partial charge is 0.368 e. The van der Waals surface area contributed by atoms with Gasteiger partial charge in [0.15, 0.2) is 11.6 Å². The van der Waals surface area contributed by atoms with Crippen LogP contribution in [0.25, 0.3) is 0 Å². The first-order chi connectivity index (χ1) is 10.7. The van der Waals surface area contributed by atoms with Crippen LogP contribution in [-0.2, 0) is 6.54 Å². The van der Waals surface area contributed by atoms with Gasteiger partial charge in [-0.05, 0) is 30.5 Å². The summed E-state index contributed by atoms with van der Waals surface area (Å²) in [4.78, 5) is 1.94. The predicted octanol–water partition coefficient (Wildman–Crippen LogP) is 3.72. The fraction of sp³-hybridized carbons (Fsp3) is 0.333. The molecule has 1 fully saturated rings. The van der Waals surface area contributed by atoms with Gasteiger partial charge in [-0.25, -0.2) is 8.78 Å². The number of nitrogens with one attached hydrogen (secondary N) is 1. The average molecular weight is 302 g/mol. The van der Waals surface area contributed by atoms with Gasteiger partial charge >= 0.3 is 0 Å². The maximum absolute atomic E-state index is 13.9. The number of hydrogen-bond acceptors (Lipinski definition) is 2. The summed E-state index contributed by atoms with van der Waals surface area (Å²) in [5, 5.41) is 3.51. The maximum Gasteiger partial charge on any atom is 0.182 e. The van der Waals surface area contributed by atoms with Gasteiger partial charge < -0.3 is 10.2 Å². The van der Waals surface area contributed by atoms with E-state index >= 15 is 0 Å². The van der Waals surface area contributed by atoms with Crippen molar-refractivity contribution in [3.63, 3.8) is 0 Å². The molecule has 0 spiro atoms. The van der Waals surface area contributed by atoms with E-state index in [-0.39, 0.29) is 6.04 Å². The van der Waals surface area contributed by atoms with Crippen LogP contribution in [0.15, 0.2) is 48.5 Å². The molecule has 0 amide bonds. The zero-order valence-electron chi connectivity index (χ0n) is 12.4. The summed E-state index contributed by atoms with van der Waals surface area (Å²) in [7, 11) is 0. The van der Waals surface area contributed by atoms with Crippen molar-refractivity contribution < 1.29 is 8.78 Å². The van der Waals surface area contributed by atoms with Gasteiger partial charge in [-0.2, -0.15) is 0 Å². The Morgan fingerprint density at radius 3 is 2.68 bits per heavy atom. The molecule has 22 heavy (non-hydrogen) atoms. The number of piperidine rings is 1. The lowest BCUT2D eigenvalue weighted by Crippen LogP contribution is -2.45. The Labute approximate surface area is 129 Å². The van der Waals surface area contributed by atoms with Gasteiger partial charge in [0.25, 0.3) is 0 Å². The minimum atomic E-state index is -0.781. The van der Waals surface area contributed by atoms with Crippen LogP contribution < -0.4 is 10.2 Å². The van der Waals surface area contributed by atoms with Crippen LogP contribution in [0.1, 0.15) is 18.4 Å². The lowest BCUT2D eigenvalue weighted by Gasteiger charge is -2.35. The second-order valence-electron chi connectivity index (χ2n) is 5.72. The Morgan fingerprint density at radius 2 is 1.86 bits per heavy atom. The third-order valence-electron chi connectivity index (χ3n) is 4.13. The summed E-state index contributed by atoms with van der Waals surface area (Å²) < 4.78 is 27.3. The van der Waals surface area contributed by atoms with Crippen LogP contribution in [-0.4, -0.2) is 19.1 Å². The van der Waals surface area contributed by atoms with Crippen LogP contribution in [0, 0.1) is 11.6 Å². The molecule has 1 N–H and O–H groups in total. The minimum Gasteiger partial charge on any atom is -0.368 e. The van der Waals surface area contributed by atoms with E-state index in [9.17, 15) is 8.78 Å². The van der Waals surface area contributed by atoms with Crippen molar-refractivity contribution in [3.8, 4) is 0 Å². The van der Waals surface area contributed by atoms with Crippen molar-refractivity contribution in [3.05, 3.63) is 65.7 Å². The molecule has 1 aliphatic rings. The molecule has 0 radical (unpaired) electrons. The van der Waals surface area contributed by atoms with Gasteiger partial charge in [0.2, 0.25) is 0 Å². The number of nitrogens with zero attached hydrogens (tertiary/aromatic N) is 1. The predicted molar refractivity (Wildman–Crippen MR) is 84.9 cm³/mol. The van der Waals surface area contributed by atoms with Gasteiger partial charge in [-0.1, -0.05) is 36.4 Å². The lowest BCUT2D eigenvalue weighted by atomic mass is 10.0. The summed E-state index contributed by atoms with van der Waals surface area (Å²) in [5.74, 6) is -1.52. The highest BCUT2D eigenvalue weighted by molar-refractivity contribution is 5.48. The standard InChI is InChI=1S/C18H20F2N2/c19-16-9-4-10-17(18(16)20)22-11-5-8-15(13-22)21-12-14-6-2-1-3-7-14/h1-4,6-7,9-10,15,21H,5,8,11-13H2. The van der Waals surface area contributed by atoms with Crippen LogP contribution in [0.4, 0.5) is 14.5 Å². The first-order valence-corrected chi connectivity index (χ1v) is 7.70. The van der Waals surface area contributed by atoms with E-state index in [4.69, 9.17) is 0 Å². The number of benzene rings is 2. The second-order valence-corrected chi connectivity index (χ2v) is 5.72. The molecule has 1 saturated heterocycles. The second kappa shape index (κ2) is 6.88. The first-order valence-electron chi connectivity index (χ1n) is 7.70. The van der Waals surface area contributed by atoms with E-state index in [1.54, 1.807) is 12.1 Å². The average Bonchev–Trinajstić information content (AvgIpc) is 2.57. The Hall–Kier alpha value is -1.94. The van der Waals surface area contributed by atoms with Crippen molar-refractivity contribution in [1.29, 1.82) is 0 Å². The molecule has 4 heteroatoms. The Morgan fingerprint density at radius 1 is 1.05 bits per heavy atom. The summed E-state index contributed by atoms with van der Waals surface area (Å²) in [6.07, 6.45) is 2.03. The molecule has 1 aliphatic heterocycles. The smallest absolute Gasteiger partial charge is 0.182 e. The van der Waals surface area contributed by atoms with Gasteiger partial charge in [-0.15, -0.1) is 0 Å². The van der Waals surface area contributed by atoms with E-state index in [0.29, 0.717) is 12.2 Å². The first kappa shape index (κ1) is 15.0. The molecule has 1 unspecified atom stereocenters. The van der Waals surface area contributed by atoms with Crippen LogP contribution >= 0.6 is 0 Å². The normalized spacial score (nSPS) is 18.5. The Kier molecular flexibility index (Phi) is 4.68. The molecule has 0 aliphatic carbocycles. The summed E-state index contributed by atoms with van der Waals surface area (Å²) in [6.45, 7) is 2.27. The zero-order valence-corrected chi connectivity index (χ0v) is 12.4. The molecule has 1 heterocycles. The van der Waals surface area contributed by atoms with Crippen molar-refractivity contribution in [2.24, 2.45) is 0 Å².